The van der Waals surface area contributed by atoms with Gasteiger partial charge in [-0.15, -0.1) is 0 Å². The molecule has 6 aromatic rings. The summed E-state index contributed by atoms with van der Waals surface area (Å²) >= 11 is 0. The lowest BCUT2D eigenvalue weighted by molar-refractivity contribution is 0.423. The molecule has 3 heteroatoms. The summed E-state index contributed by atoms with van der Waals surface area (Å²) in [5, 5.41) is 7.95. The summed E-state index contributed by atoms with van der Waals surface area (Å²) in [7, 11) is -1.67. The predicted octanol–water partition coefficient (Wildman–Crippen LogP) is 7.63. The van der Waals surface area contributed by atoms with Gasteiger partial charge in [-0.25, -0.2) is 0 Å². The van der Waals surface area contributed by atoms with Crippen LogP contribution >= 0.6 is 15.8 Å². The number of rotatable bonds is 6. The molecule has 7 rings (SSSR count). The Morgan fingerprint density at radius 2 is 0.810 bits per heavy atom. The van der Waals surface area contributed by atoms with Gasteiger partial charge in [0.05, 0.1) is 0 Å². The molecule has 0 saturated carbocycles. The van der Waals surface area contributed by atoms with Crippen molar-refractivity contribution in [3.8, 4) is 11.5 Å². The first-order valence-corrected chi connectivity index (χ1v) is 17.1. The van der Waals surface area contributed by atoms with Crippen LogP contribution in [0.1, 0.15) is 25.0 Å². The zero-order valence-electron chi connectivity index (χ0n) is 23.8. The van der Waals surface area contributed by atoms with E-state index >= 15 is 0 Å². The molecule has 1 aliphatic heterocycles. The fraction of sp³-hybridized carbons (Fsp3) is 0.0769. The number of para-hydroxylation sites is 1. The van der Waals surface area contributed by atoms with Crippen molar-refractivity contribution in [3.63, 3.8) is 0 Å². The van der Waals surface area contributed by atoms with Crippen LogP contribution in [0.5, 0.6) is 11.5 Å². The van der Waals surface area contributed by atoms with Gasteiger partial charge in [0.2, 0.25) is 0 Å². The minimum atomic E-state index is -0.849. The van der Waals surface area contributed by atoms with Gasteiger partial charge in [0.15, 0.2) is 0 Å². The number of ether oxygens (including phenoxy) is 1. The maximum absolute atomic E-state index is 7.06. The van der Waals surface area contributed by atoms with Crippen LogP contribution in [0.25, 0.3) is 0 Å². The standard InChI is InChI=1S/C39H32OP2/c1-39(2)33-25-15-16-26-34(33)40-38-36(42(31-21-11-5-12-22-31)32-23-13-6-14-24-32)28-27-35(37(38)39)41(29-17-7-3-8-18-29)30-19-9-4-10-20-30/h3-28H,1-2H3. The summed E-state index contributed by atoms with van der Waals surface area (Å²) in [5.74, 6) is 1.97. The van der Waals surface area contributed by atoms with Crippen molar-refractivity contribution in [2.24, 2.45) is 0 Å². The Balaban J connectivity index is 1.55. The first-order valence-electron chi connectivity index (χ1n) is 14.4. The highest BCUT2D eigenvalue weighted by atomic mass is 31.1. The van der Waals surface area contributed by atoms with Gasteiger partial charge in [0, 0.05) is 21.8 Å². The second kappa shape index (κ2) is 11.3. The Morgan fingerprint density at radius 3 is 1.29 bits per heavy atom. The molecular weight excluding hydrogens is 546 g/mol. The molecule has 0 saturated heterocycles. The van der Waals surface area contributed by atoms with Crippen molar-refractivity contribution in [3.05, 3.63) is 169 Å². The topological polar surface area (TPSA) is 9.23 Å². The molecule has 42 heavy (non-hydrogen) atoms. The number of hydrogen-bond donors (Lipinski definition) is 0. The van der Waals surface area contributed by atoms with Crippen molar-refractivity contribution in [1.29, 1.82) is 0 Å². The van der Waals surface area contributed by atoms with Gasteiger partial charge in [-0.2, -0.15) is 0 Å². The molecule has 1 aliphatic rings. The van der Waals surface area contributed by atoms with Gasteiger partial charge >= 0.3 is 0 Å². The minimum absolute atomic E-state index is 0.256. The van der Waals surface area contributed by atoms with Crippen LogP contribution in [0.15, 0.2) is 158 Å². The molecule has 6 aromatic carbocycles. The summed E-state index contributed by atoms with van der Waals surface area (Å²) < 4.78 is 7.06. The normalized spacial score (nSPS) is 13.3. The molecule has 1 heterocycles. The largest absolute Gasteiger partial charge is 0.456 e. The van der Waals surface area contributed by atoms with Gasteiger partial charge in [-0.1, -0.05) is 159 Å². The molecule has 0 bridgehead atoms. The second-order valence-corrected chi connectivity index (χ2v) is 15.4. The van der Waals surface area contributed by atoms with E-state index in [2.05, 4.69) is 172 Å². The fourth-order valence-corrected chi connectivity index (χ4v) is 11.1. The molecule has 0 radical (unpaired) electrons. The molecule has 0 unspecified atom stereocenters. The van der Waals surface area contributed by atoms with E-state index in [4.69, 9.17) is 4.74 Å². The summed E-state index contributed by atoms with van der Waals surface area (Å²) in [6.45, 7) is 4.74. The van der Waals surface area contributed by atoms with Gasteiger partial charge in [0.25, 0.3) is 0 Å². The maximum Gasteiger partial charge on any atom is 0.140 e. The van der Waals surface area contributed by atoms with Crippen LogP contribution in [-0.4, -0.2) is 0 Å². The summed E-state index contributed by atoms with van der Waals surface area (Å²) in [6, 6.07) is 57.2. The number of benzene rings is 6. The summed E-state index contributed by atoms with van der Waals surface area (Å²) in [5.41, 5.74) is 2.28. The van der Waals surface area contributed by atoms with E-state index in [0.29, 0.717) is 0 Å². The van der Waals surface area contributed by atoms with Crippen molar-refractivity contribution >= 4 is 47.7 Å². The molecule has 0 atom stereocenters. The van der Waals surface area contributed by atoms with Crippen LogP contribution in [0, 0.1) is 0 Å². The Labute approximate surface area is 251 Å². The SMILES string of the molecule is CC1(C)c2ccccc2Oc2c(P(c3ccccc3)c3ccccc3)ccc(P(c3ccccc3)c3ccccc3)c21. The second-order valence-electron chi connectivity index (χ2n) is 11.0. The molecule has 0 aromatic heterocycles. The van der Waals surface area contributed by atoms with E-state index in [1.165, 1.54) is 43.0 Å². The van der Waals surface area contributed by atoms with Gasteiger partial charge in [-0.05, 0) is 54.5 Å². The van der Waals surface area contributed by atoms with E-state index in [1.807, 2.05) is 0 Å². The van der Waals surface area contributed by atoms with Crippen molar-refractivity contribution in [2.45, 2.75) is 19.3 Å². The Hall–Kier alpha value is -4.02. The van der Waals surface area contributed by atoms with Crippen molar-refractivity contribution in [1.82, 2.24) is 0 Å². The van der Waals surface area contributed by atoms with Crippen LogP contribution in [0.3, 0.4) is 0 Å². The molecule has 0 amide bonds. The van der Waals surface area contributed by atoms with E-state index in [9.17, 15) is 0 Å². The third-order valence-electron chi connectivity index (χ3n) is 8.05. The maximum atomic E-state index is 7.06. The average molecular weight is 579 g/mol. The Bertz CT molecular complexity index is 1740. The monoisotopic (exact) mass is 578 g/mol. The highest BCUT2D eigenvalue weighted by molar-refractivity contribution is 7.80. The molecule has 0 N–H and O–H groups in total. The smallest absolute Gasteiger partial charge is 0.140 e. The van der Waals surface area contributed by atoms with Crippen LogP contribution in [-0.2, 0) is 5.41 Å². The quantitative estimate of drug-likeness (QED) is 0.185. The molecular formula is C39H32OP2. The van der Waals surface area contributed by atoms with Crippen molar-refractivity contribution in [2.75, 3.05) is 0 Å². The third kappa shape index (κ3) is 4.78. The minimum Gasteiger partial charge on any atom is -0.456 e. The van der Waals surface area contributed by atoms with E-state index in [0.717, 1.165) is 11.5 Å². The lowest BCUT2D eigenvalue weighted by Gasteiger charge is -2.39. The highest BCUT2D eigenvalue weighted by Crippen LogP contribution is 2.52. The molecule has 0 fully saturated rings. The van der Waals surface area contributed by atoms with E-state index < -0.39 is 15.8 Å². The van der Waals surface area contributed by atoms with E-state index in [1.54, 1.807) is 0 Å². The lowest BCUT2D eigenvalue weighted by Crippen LogP contribution is -2.37. The van der Waals surface area contributed by atoms with Gasteiger partial charge in [-0.3, -0.25) is 0 Å². The van der Waals surface area contributed by atoms with Gasteiger partial charge in [0.1, 0.15) is 11.5 Å². The highest BCUT2D eigenvalue weighted by Gasteiger charge is 2.40. The Morgan fingerprint density at radius 1 is 0.429 bits per heavy atom. The molecule has 1 nitrogen and oxygen atoms in total. The summed E-state index contributed by atoms with van der Waals surface area (Å²) in [4.78, 5) is 0. The summed E-state index contributed by atoms with van der Waals surface area (Å²) in [6.07, 6.45) is 0. The molecule has 0 aliphatic carbocycles. The van der Waals surface area contributed by atoms with Gasteiger partial charge < -0.3 is 4.74 Å². The molecule has 0 spiro atoms. The van der Waals surface area contributed by atoms with Crippen LogP contribution in [0.4, 0.5) is 0 Å². The molecule has 204 valence electrons. The predicted molar refractivity (Wildman–Crippen MR) is 182 cm³/mol. The zero-order valence-corrected chi connectivity index (χ0v) is 25.6. The average Bonchev–Trinajstić information content (AvgIpc) is 3.04. The van der Waals surface area contributed by atoms with Crippen molar-refractivity contribution < 1.29 is 4.74 Å². The number of hydrogen-bond acceptors (Lipinski definition) is 1. The van der Waals surface area contributed by atoms with Crippen LogP contribution in [0.2, 0.25) is 0 Å². The zero-order chi connectivity index (χ0) is 28.5. The third-order valence-corrected chi connectivity index (χ3v) is 13.0. The number of fused-ring (bicyclic) bond motifs is 2. The Kier molecular flexibility index (Phi) is 7.25. The van der Waals surface area contributed by atoms with E-state index in [-0.39, 0.29) is 5.41 Å². The first-order chi connectivity index (χ1) is 20.6. The fourth-order valence-electron chi connectivity index (χ4n) is 6.11. The first kappa shape index (κ1) is 26.9. The lowest BCUT2D eigenvalue weighted by atomic mass is 9.76. The van der Waals surface area contributed by atoms with Crippen LogP contribution < -0.4 is 36.6 Å².